The first-order valence-corrected chi connectivity index (χ1v) is 14.5. The van der Waals surface area contributed by atoms with E-state index in [2.05, 4.69) is 13.8 Å². The van der Waals surface area contributed by atoms with Crippen molar-refractivity contribution in [2.75, 3.05) is 39.3 Å². The van der Waals surface area contributed by atoms with Gasteiger partial charge in [-0.3, -0.25) is 24.0 Å². The number of hydrogen-bond donors (Lipinski definition) is 0. The molecule has 1 unspecified atom stereocenters. The summed E-state index contributed by atoms with van der Waals surface area (Å²) in [6, 6.07) is 8.70. The molecule has 2 aromatic carbocycles. The van der Waals surface area contributed by atoms with Crippen molar-refractivity contribution >= 4 is 19.3 Å². The van der Waals surface area contributed by atoms with E-state index in [-0.39, 0.29) is 17.1 Å². The summed E-state index contributed by atoms with van der Waals surface area (Å²) in [5, 5.41) is 11.7. The average molecular weight is 583 g/mol. The molecule has 216 valence electrons. The first kappa shape index (κ1) is 28.5. The Morgan fingerprint density at radius 2 is 1.65 bits per heavy atom. The maximum atomic E-state index is 14.2. The number of ether oxygens (including phenoxy) is 1. The molecule has 3 fully saturated rings. The molecule has 10 nitrogen and oxygen atoms in total. The second-order valence-electron chi connectivity index (χ2n) is 11.0. The van der Waals surface area contributed by atoms with Gasteiger partial charge >= 0.3 is 19.5 Å². The van der Waals surface area contributed by atoms with Gasteiger partial charge in [0.05, 0.1) is 4.92 Å². The van der Waals surface area contributed by atoms with Crippen molar-refractivity contribution in [3.63, 3.8) is 0 Å². The number of likely N-dealkylation sites (tertiary alicyclic amines) is 1. The topological polar surface area (TPSA) is 105 Å². The zero-order valence-corrected chi connectivity index (χ0v) is 23.0. The van der Waals surface area contributed by atoms with Crippen LogP contribution < -0.4 is 4.74 Å². The van der Waals surface area contributed by atoms with Crippen LogP contribution >= 0.6 is 7.67 Å². The van der Waals surface area contributed by atoms with E-state index in [1.165, 1.54) is 27.5 Å². The second kappa shape index (κ2) is 10.4. The molecule has 5 rings (SSSR count). The summed E-state index contributed by atoms with van der Waals surface area (Å²) in [5.41, 5.74) is -0.617. The van der Waals surface area contributed by atoms with E-state index in [1.54, 1.807) is 11.0 Å². The maximum Gasteiger partial charge on any atom is 0.419 e. The minimum absolute atomic E-state index is 0.0479. The predicted octanol–water partition coefficient (Wildman–Crippen LogP) is 6.01. The van der Waals surface area contributed by atoms with Crippen LogP contribution in [-0.2, 0) is 9.09 Å². The molecule has 3 aliphatic heterocycles. The first-order chi connectivity index (χ1) is 18.8. The van der Waals surface area contributed by atoms with Crippen molar-refractivity contribution in [3.8, 4) is 11.5 Å². The lowest BCUT2D eigenvalue weighted by atomic mass is 9.82. The van der Waals surface area contributed by atoms with Gasteiger partial charge in [0, 0.05) is 50.9 Å². The Hall–Kier alpha value is -2.99. The first-order valence-electron chi connectivity index (χ1n) is 13.0. The molecule has 0 bridgehead atoms. The highest BCUT2D eigenvalue weighted by Gasteiger charge is 2.55. The minimum Gasteiger partial charge on any atom is -0.450 e. The van der Waals surface area contributed by atoms with Crippen molar-refractivity contribution in [2.45, 2.75) is 39.0 Å². The molecular formula is C26H30F3N4O6P. The molecule has 0 N–H and O–H groups in total. The molecule has 2 aromatic rings. The molecule has 0 spiro atoms. The number of alkyl halides is 3. The summed E-state index contributed by atoms with van der Waals surface area (Å²) in [6.45, 7) is 6.89. The number of carbonyl (C=O) groups excluding carboxylic acids is 1. The molecule has 14 heteroatoms. The molecule has 1 amide bonds. The standard InChI is InChI=1S/C26H30F3N4O6P/c1-25(2)8-10-30(11-9-25)24(34)19-4-3-5-20(16-19)38-22-17-18(6-7-21(22)33(35)36)23(26(27,28)29)39-40(37,31-12-13-31)32-14-15-32/h3-7,16-17,23H,8-15H2,1-2H3. The quantitative estimate of drug-likeness (QED) is 0.153. The van der Waals surface area contributed by atoms with Gasteiger partial charge in [0.1, 0.15) is 5.75 Å². The third kappa shape index (κ3) is 6.17. The maximum absolute atomic E-state index is 14.2. The summed E-state index contributed by atoms with van der Waals surface area (Å²) < 4.78 is 69.6. The van der Waals surface area contributed by atoms with Gasteiger partial charge in [0.25, 0.3) is 5.91 Å². The van der Waals surface area contributed by atoms with Crippen LogP contribution in [0.15, 0.2) is 42.5 Å². The van der Waals surface area contributed by atoms with Crippen LogP contribution in [0.1, 0.15) is 48.7 Å². The fourth-order valence-corrected chi connectivity index (χ4v) is 6.93. The zero-order chi connectivity index (χ0) is 28.9. The van der Waals surface area contributed by atoms with Crippen LogP contribution in [0.5, 0.6) is 11.5 Å². The number of nitro groups is 1. The van der Waals surface area contributed by atoms with Gasteiger partial charge in [-0.15, -0.1) is 0 Å². The lowest BCUT2D eigenvalue weighted by Gasteiger charge is -2.37. The molecule has 0 saturated carbocycles. The number of hydrogen-bond acceptors (Lipinski definition) is 6. The Morgan fingerprint density at radius 1 is 1.02 bits per heavy atom. The van der Waals surface area contributed by atoms with Gasteiger partial charge in [-0.05, 0) is 54.2 Å². The molecule has 0 aliphatic carbocycles. The van der Waals surface area contributed by atoms with E-state index < -0.39 is 41.9 Å². The second-order valence-corrected chi connectivity index (χ2v) is 13.3. The van der Waals surface area contributed by atoms with Gasteiger partial charge in [0.2, 0.25) is 5.75 Å². The number of carbonyl (C=O) groups is 1. The molecule has 40 heavy (non-hydrogen) atoms. The summed E-state index contributed by atoms with van der Waals surface area (Å²) in [7, 11) is -3.88. The number of halogens is 3. The van der Waals surface area contributed by atoms with Gasteiger partial charge in [0.15, 0.2) is 6.10 Å². The molecular weight excluding hydrogens is 552 g/mol. The lowest BCUT2D eigenvalue weighted by Crippen LogP contribution is -2.41. The number of nitro benzene ring substituents is 1. The van der Waals surface area contributed by atoms with Crippen molar-refractivity contribution in [1.82, 2.24) is 14.2 Å². The van der Waals surface area contributed by atoms with Gasteiger partial charge in [-0.2, -0.15) is 13.2 Å². The Labute approximate surface area is 229 Å². The average Bonchev–Trinajstić information content (AvgIpc) is 3.79. The van der Waals surface area contributed by atoms with E-state index in [0.29, 0.717) is 44.8 Å². The fraction of sp³-hybridized carbons (Fsp3) is 0.500. The highest BCUT2D eigenvalue weighted by molar-refractivity contribution is 7.54. The summed E-state index contributed by atoms with van der Waals surface area (Å²) >= 11 is 0. The Kier molecular flexibility index (Phi) is 7.45. The van der Waals surface area contributed by atoms with Crippen molar-refractivity contribution < 1.29 is 36.7 Å². The predicted molar refractivity (Wildman–Crippen MR) is 139 cm³/mol. The number of piperidine rings is 1. The van der Waals surface area contributed by atoms with E-state index in [0.717, 1.165) is 31.0 Å². The van der Waals surface area contributed by atoms with Crippen LogP contribution in [0.4, 0.5) is 18.9 Å². The summed E-state index contributed by atoms with van der Waals surface area (Å²) in [5.74, 6) is -0.639. The third-order valence-electron chi connectivity index (χ3n) is 7.30. The Balaban J connectivity index is 1.42. The Bertz CT molecular complexity index is 1340. The van der Waals surface area contributed by atoms with E-state index in [4.69, 9.17) is 9.26 Å². The van der Waals surface area contributed by atoms with Crippen molar-refractivity contribution in [1.29, 1.82) is 0 Å². The monoisotopic (exact) mass is 582 g/mol. The molecule has 3 aliphatic rings. The Morgan fingerprint density at radius 3 is 2.20 bits per heavy atom. The van der Waals surface area contributed by atoms with Crippen LogP contribution in [0, 0.1) is 15.5 Å². The van der Waals surface area contributed by atoms with E-state index in [9.17, 15) is 32.6 Å². The molecule has 3 heterocycles. The smallest absolute Gasteiger partial charge is 0.419 e. The zero-order valence-electron chi connectivity index (χ0n) is 22.1. The highest BCUT2D eigenvalue weighted by atomic mass is 31.2. The third-order valence-corrected chi connectivity index (χ3v) is 10.0. The van der Waals surface area contributed by atoms with Crippen LogP contribution in [-0.4, -0.2) is 70.5 Å². The molecule has 0 radical (unpaired) electrons. The molecule has 3 saturated heterocycles. The SMILES string of the molecule is CC1(C)CCN(C(=O)c2cccc(Oc3cc(C(OP(=O)(N4CC4)N4CC4)C(F)(F)F)ccc3[N+](=O)[O-])c2)CC1. The number of amides is 1. The minimum atomic E-state index is -4.95. The van der Waals surface area contributed by atoms with Gasteiger partial charge in [-0.1, -0.05) is 19.9 Å². The normalized spacial score (nSPS) is 20.2. The highest BCUT2D eigenvalue weighted by Crippen LogP contribution is 2.64. The van der Waals surface area contributed by atoms with Gasteiger partial charge in [-0.25, -0.2) is 9.34 Å². The van der Waals surface area contributed by atoms with Crippen LogP contribution in [0.25, 0.3) is 0 Å². The van der Waals surface area contributed by atoms with E-state index in [1.807, 2.05) is 0 Å². The fourth-order valence-electron chi connectivity index (χ4n) is 4.60. The van der Waals surface area contributed by atoms with Gasteiger partial charge < -0.3 is 9.64 Å². The lowest BCUT2D eigenvalue weighted by molar-refractivity contribution is -0.385. The summed E-state index contributed by atoms with van der Waals surface area (Å²) in [4.78, 5) is 25.7. The van der Waals surface area contributed by atoms with Crippen molar-refractivity contribution in [3.05, 3.63) is 63.7 Å². The van der Waals surface area contributed by atoms with Crippen LogP contribution in [0.2, 0.25) is 0 Å². The number of nitrogens with zero attached hydrogens (tertiary/aromatic N) is 4. The van der Waals surface area contributed by atoms with E-state index >= 15 is 0 Å². The van der Waals surface area contributed by atoms with Crippen molar-refractivity contribution in [2.24, 2.45) is 5.41 Å². The summed E-state index contributed by atoms with van der Waals surface area (Å²) in [6.07, 6.45) is -5.86. The molecule has 0 aromatic heterocycles. The largest absolute Gasteiger partial charge is 0.450 e. The number of rotatable bonds is 9. The molecule has 1 atom stereocenters. The number of benzene rings is 2. The van der Waals surface area contributed by atoms with Crippen LogP contribution in [0.3, 0.4) is 0 Å².